The van der Waals surface area contributed by atoms with Crippen molar-refractivity contribution < 1.29 is 27.5 Å². The van der Waals surface area contributed by atoms with Gasteiger partial charge in [0.1, 0.15) is 0 Å². The number of nitrogens with one attached hydrogen (secondary N) is 1. The molecule has 0 heterocycles. The lowest BCUT2D eigenvalue weighted by atomic mass is 10.1. The fourth-order valence-electron chi connectivity index (χ4n) is 1.98. The highest BCUT2D eigenvalue weighted by molar-refractivity contribution is 6.31. The van der Waals surface area contributed by atoms with E-state index in [0.717, 1.165) is 6.07 Å². The summed E-state index contributed by atoms with van der Waals surface area (Å²) in [5, 5.41) is 2.25. The zero-order chi connectivity index (χ0) is 19.3. The van der Waals surface area contributed by atoms with E-state index in [1.165, 1.54) is 6.07 Å². The number of halogens is 5. The summed E-state index contributed by atoms with van der Waals surface area (Å²) in [6, 6.07) is 9.42. The van der Waals surface area contributed by atoms with Crippen LogP contribution in [0.15, 0.2) is 42.5 Å². The second-order valence-corrected chi connectivity index (χ2v) is 6.05. The fourth-order valence-corrected chi connectivity index (χ4v) is 2.33. The van der Waals surface area contributed by atoms with Gasteiger partial charge in [-0.2, -0.15) is 13.2 Å². The van der Waals surface area contributed by atoms with Crippen LogP contribution in [0.1, 0.15) is 11.1 Å². The zero-order valence-corrected chi connectivity index (χ0v) is 14.6. The predicted octanol–water partition coefficient (Wildman–Crippen LogP) is 4.74. The number of anilines is 1. The molecule has 0 aliphatic rings. The Hall–Kier alpha value is -2.25. The number of benzene rings is 2. The largest absolute Gasteiger partial charge is 0.455 e. The summed E-state index contributed by atoms with van der Waals surface area (Å²) in [4.78, 5) is 23.4. The van der Waals surface area contributed by atoms with Crippen molar-refractivity contribution in [2.24, 2.45) is 0 Å². The molecule has 0 aromatic heterocycles. The lowest BCUT2D eigenvalue weighted by Gasteiger charge is -2.12. The number of amides is 1. The predicted molar refractivity (Wildman–Crippen MR) is 91.2 cm³/mol. The second-order valence-electron chi connectivity index (χ2n) is 5.20. The van der Waals surface area contributed by atoms with Gasteiger partial charge in [0.05, 0.1) is 17.0 Å². The average Bonchev–Trinajstić information content (AvgIpc) is 2.56. The number of esters is 1. The summed E-state index contributed by atoms with van der Waals surface area (Å²) in [6.07, 6.45) is -4.72. The first-order chi connectivity index (χ1) is 12.1. The van der Waals surface area contributed by atoms with Crippen molar-refractivity contribution >= 4 is 40.8 Å². The Labute approximate surface area is 156 Å². The lowest BCUT2D eigenvalue weighted by molar-refractivity contribution is -0.146. The van der Waals surface area contributed by atoms with Gasteiger partial charge in [-0.3, -0.25) is 9.59 Å². The number of alkyl halides is 3. The molecule has 0 saturated heterocycles. The maximum Gasteiger partial charge on any atom is 0.417 e. The highest BCUT2D eigenvalue weighted by Gasteiger charge is 2.33. The minimum Gasteiger partial charge on any atom is -0.455 e. The Morgan fingerprint density at radius 3 is 2.31 bits per heavy atom. The molecule has 2 aromatic carbocycles. The standard InChI is InChI=1S/C17H12Cl2F3NO3/c18-11-3-1-10(2-4-11)7-16(25)26-9-15(24)23-12-5-6-14(19)13(8-12)17(20,21)22/h1-6,8H,7,9H2,(H,23,24). The van der Waals surface area contributed by atoms with Crippen molar-refractivity contribution in [1.82, 2.24) is 0 Å². The van der Waals surface area contributed by atoms with Crippen LogP contribution >= 0.6 is 23.2 Å². The first kappa shape index (κ1) is 20.1. The molecule has 2 rings (SSSR count). The van der Waals surface area contributed by atoms with Gasteiger partial charge in [-0.25, -0.2) is 0 Å². The third-order valence-corrected chi connectivity index (χ3v) is 3.76. The molecule has 4 nitrogen and oxygen atoms in total. The van der Waals surface area contributed by atoms with E-state index in [2.05, 4.69) is 5.32 Å². The lowest BCUT2D eigenvalue weighted by Crippen LogP contribution is -2.22. The normalized spacial score (nSPS) is 11.1. The quantitative estimate of drug-likeness (QED) is 0.731. The van der Waals surface area contributed by atoms with Gasteiger partial charge >= 0.3 is 12.1 Å². The molecule has 1 amide bonds. The van der Waals surface area contributed by atoms with Gasteiger partial charge in [0.2, 0.25) is 0 Å². The Bertz CT molecular complexity index is 808. The number of hydrogen-bond donors (Lipinski definition) is 1. The molecule has 0 spiro atoms. The average molecular weight is 406 g/mol. The third kappa shape index (κ3) is 5.93. The van der Waals surface area contributed by atoms with Crippen molar-refractivity contribution in [3.8, 4) is 0 Å². The van der Waals surface area contributed by atoms with Crippen LogP contribution < -0.4 is 5.32 Å². The molecule has 0 radical (unpaired) electrons. The van der Waals surface area contributed by atoms with Crippen LogP contribution in [0.25, 0.3) is 0 Å². The first-order valence-electron chi connectivity index (χ1n) is 7.22. The molecule has 0 unspecified atom stereocenters. The maximum atomic E-state index is 12.8. The van der Waals surface area contributed by atoms with Gasteiger partial charge in [-0.1, -0.05) is 35.3 Å². The second kappa shape index (κ2) is 8.42. The zero-order valence-electron chi connectivity index (χ0n) is 13.1. The van der Waals surface area contributed by atoms with E-state index in [4.69, 9.17) is 27.9 Å². The molecule has 0 saturated carbocycles. The van der Waals surface area contributed by atoms with E-state index in [1.54, 1.807) is 24.3 Å². The molecule has 26 heavy (non-hydrogen) atoms. The molecule has 0 bridgehead atoms. The monoisotopic (exact) mass is 405 g/mol. The van der Waals surface area contributed by atoms with E-state index in [1.807, 2.05) is 0 Å². The Kier molecular flexibility index (Phi) is 6.50. The number of rotatable bonds is 5. The topological polar surface area (TPSA) is 55.4 Å². The van der Waals surface area contributed by atoms with Crippen LogP contribution in [0.4, 0.5) is 18.9 Å². The summed E-state index contributed by atoms with van der Waals surface area (Å²) in [6.45, 7) is -0.629. The molecule has 1 N–H and O–H groups in total. The smallest absolute Gasteiger partial charge is 0.417 e. The summed E-state index contributed by atoms with van der Waals surface area (Å²) in [5.41, 5.74) is -0.537. The van der Waals surface area contributed by atoms with E-state index >= 15 is 0 Å². The Morgan fingerprint density at radius 1 is 1.04 bits per heavy atom. The summed E-state index contributed by atoms with van der Waals surface area (Å²) < 4.78 is 43.1. The van der Waals surface area contributed by atoms with Crippen LogP contribution in [0.2, 0.25) is 10.0 Å². The van der Waals surface area contributed by atoms with Gasteiger partial charge in [-0.05, 0) is 35.9 Å². The highest BCUT2D eigenvalue weighted by atomic mass is 35.5. The van der Waals surface area contributed by atoms with Crippen LogP contribution in [0.3, 0.4) is 0 Å². The van der Waals surface area contributed by atoms with Crippen LogP contribution in [-0.2, 0) is 26.9 Å². The minimum atomic E-state index is -4.65. The van der Waals surface area contributed by atoms with Gasteiger partial charge in [0, 0.05) is 10.7 Å². The van der Waals surface area contributed by atoms with Gasteiger partial charge in [-0.15, -0.1) is 0 Å². The number of hydrogen-bond acceptors (Lipinski definition) is 3. The fraction of sp³-hybridized carbons (Fsp3) is 0.176. The van der Waals surface area contributed by atoms with E-state index < -0.39 is 35.2 Å². The van der Waals surface area contributed by atoms with E-state index in [0.29, 0.717) is 16.7 Å². The Balaban J connectivity index is 1.89. The van der Waals surface area contributed by atoms with E-state index in [-0.39, 0.29) is 12.1 Å². The first-order valence-corrected chi connectivity index (χ1v) is 7.97. The molecule has 138 valence electrons. The van der Waals surface area contributed by atoms with Crippen molar-refractivity contribution in [2.45, 2.75) is 12.6 Å². The third-order valence-electron chi connectivity index (χ3n) is 3.18. The molecular formula is C17H12Cl2F3NO3. The van der Waals surface area contributed by atoms with Gasteiger partial charge in [0.15, 0.2) is 6.61 Å². The number of ether oxygens (including phenoxy) is 1. The molecule has 9 heteroatoms. The summed E-state index contributed by atoms with van der Waals surface area (Å²) >= 11 is 11.2. The van der Waals surface area contributed by atoms with Crippen LogP contribution in [0, 0.1) is 0 Å². The molecule has 0 aliphatic carbocycles. The maximum absolute atomic E-state index is 12.8. The van der Waals surface area contributed by atoms with E-state index in [9.17, 15) is 22.8 Å². The Morgan fingerprint density at radius 2 is 1.69 bits per heavy atom. The summed E-state index contributed by atoms with van der Waals surface area (Å²) in [7, 11) is 0. The van der Waals surface area contributed by atoms with Gasteiger partial charge < -0.3 is 10.1 Å². The molecular weight excluding hydrogens is 394 g/mol. The number of carbonyl (C=O) groups excluding carboxylic acids is 2. The van der Waals surface area contributed by atoms with Crippen molar-refractivity contribution in [3.63, 3.8) is 0 Å². The van der Waals surface area contributed by atoms with Crippen molar-refractivity contribution in [1.29, 1.82) is 0 Å². The van der Waals surface area contributed by atoms with Crippen LogP contribution in [-0.4, -0.2) is 18.5 Å². The van der Waals surface area contributed by atoms with Gasteiger partial charge in [0.25, 0.3) is 5.91 Å². The van der Waals surface area contributed by atoms with Crippen molar-refractivity contribution in [2.75, 3.05) is 11.9 Å². The molecule has 0 aliphatic heterocycles. The molecule has 0 fully saturated rings. The van der Waals surface area contributed by atoms with Crippen LogP contribution in [0.5, 0.6) is 0 Å². The molecule has 2 aromatic rings. The highest BCUT2D eigenvalue weighted by Crippen LogP contribution is 2.36. The number of carbonyl (C=O) groups is 2. The molecule has 0 atom stereocenters. The van der Waals surface area contributed by atoms with Crippen molar-refractivity contribution in [3.05, 3.63) is 63.6 Å². The minimum absolute atomic E-state index is 0.0659. The summed E-state index contributed by atoms with van der Waals surface area (Å²) in [5.74, 6) is -1.43. The SMILES string of the molecule is O=C(COC(=O)Cc1ccc(Cl)cc1)Nc1ccc(Cl)c(C(F)(F)F)c1.